The van der Waals surface area contributed by atoms with Crippen molar-refractivity contribution in [2.75, 3.05) is 6.54 Å². The van der Waals surface area contributed by atoms with Crippen LogP contribution in [-0.2, 0) is 11.2 Å². The predicted molar refractivity (Wildman–Crippen MR) is 96.9 cm³/mol. The van der Waals surface area contributed by atoms with Gasteiger partial charge in [0.15, 0.2) is 0 Å². The maximum absolute atomic E-state index is 11.7. The van der Waals surface area contributed by atoms with Crippen LogP contribution in [0, 0.1) is 0 Å². The number of hydrogen-bond donors (Lipinski definition) is 1. The van der Waals surface area contributed by atoms with Crippen molar-refractivity contribution >= 4 is 38.0 Å². The highest BCUT2D eigenvalue weighted by molar-refractivity contribution is 9.11. The Kier molecular flexibility index (Phi) is 5.86. The quantitative estimate of drug-likeness (QED) is 0.756. The number of hydrogen-bond acceptors (Lipinski definition) is 3. The molecule has 0 aliphatic carbocycles. The van der Waals surface area contributed by atoms with Crippen molar-refractivity contribution in [3.05, 3.63) is 45.4 Å². The number of ether oxygens (including phenoxy) is 1. The molecule has 0 unspecified atom stereocenters. The van der Waals surface area contributed by atoms with E-state index in [1.807, 2.05) is 43.5 Å². The molecule has 5 nitrogen and oxygen atoms in total. The van der Waals surface area contributed by atoms with E-state index in [9.17, 15) is 4.79 Å². The van der Waals surface area contributed by atoms with Crippen molar-refractivity contribution in [3.63, 3.8) is 0 Å². The molecule has 0 aliphatic rings. The average molecular weight is 445 g/mol. The molecule has 0 spiro atoms. The highest BCUT2D eigenvalue weighted by atomic mass is 79.9. The molecule has 124 valence electrons. The van der Waals surface area contributed by atoms with Gasteiger partial charge in [-0.3, -0.25) is 0 Å². The predicted octanol–water partition coefficient (Wildman–Crippen LogP) is 4.46. The van der Waals surface area contributed by atoms with Crippen molar-refractivity contribution < 1.29 is 9.53 Å². The summed E-state index contributed by atoms with van der Waals surface area (Å²) in [4.78, 5) is 15.9. The van der Waals surface area contributed by atoms with E-state index in [2.05, 4.69) is 42.2 Å². The van der Waals surface area contributed by atoms with E-state index in [4.69, 9.17) is 4.74 Å². The van der Waals surface area contributed by atoms with Crippen LogP contribution in [0.5, 0.6) is 0 Å². The third-order valence-corrected chi connectivity index (χ3v) is 4.10. The summed E-state index contributed by atoms with van der Waals surface area (Å²) in [6, 6.07) is 5.95. The number of aromatic nitrogens is 2. The van der Waals surface area contributed by atoms with Crippen LogP contribution in [0.15, 0.2) is 39.7 Å². The molecular weight excluding hydrogens is 426 g/mol. The Morgan fingerprint density at radius 3 is 2.78 bits per heavy atom. The van der Waals surface area contributed by atoms with Gasteiger partial charge in [-0.05, 0) is 54.9 Å². The first kappa shape index (κ1) is 18.0. The van der Waals surface area contributed by atoms with Gasteiger partial charge in [0, 0.05) is 33.8 Å². The number of carbonyl (C=O) groups is 1. The number of halogens is 2. The zero-order chi connectivity index (χ0) is 17.0. The second-order valence-electron chi connectivity index (χ2n) is 6.03. The average Bonchev–Trinajstić information content (AvgIpc) is 2.88. The highest BCUT2D eigenvalue weighted by Crippen LogP contribution is 2.26. The molecule has 1 aromatic carbocycles. The molecule has 23 heavy (non-hydrogen) atoms. The summed E-state index contributed by atoms with van der Waals surface area (Å²) in [5.74, 6) is 0. The zero-order valence-electron chi connectivity index (χ0n) is 13.3. The third kappa shape index (κ3) is 5.35. The molecule has 0 fully saturated rings. The summed E-state index contributed by atoms with van der Waals surface area (Å²) in [6.07, 6.45) is 3.80. The summed E-state index contributed by atoms with van der Waals surface area (Å²) in [5.41, 5.74) is 1.50. The topological polar surface area (TPSA) is 56.1 Å². The zero-order valence-corrected chi connectivity index (χ0v) is 16.4. The second-order valence-corrected chi connectivity index (χ2v) is 7.80. The molecule has 2 rings (SSSR count). The van der Waals surface area contributed by atoms with E-state index in [1.54, 1.807) is 12.5 Å². The van der Waals surface area contributed by atoms with Crippen molar-refractivity contribution in [2.45, 2.75) is 32.8 Å². The number of nitrogens with zero attached hydrogens (tertiary/aromatic N) is 2. The van der Waals surface area contributed by atoms with Gasteiger partial charge in [-0.1, -0.05) is 15.9 Å². The number of imidazole rings is 1. The van der Waals surface area contributed by atoms with E-state index in [0.29, 0.717) is 13.0 Å². The molecule has 0 aliphatic heterocycles. The molecule has 1 N–H and O–H groups in total. The van der Waals surface area contributed by atoms with Gasteiger partial charge in [0.1, 0.15) is 5.60 Å². The van der Waals surface area contributed by atoms with E-state index in [1.165, 1.54) is 0 Å². The number of amides is 1. The van der Waals surface area contributed by atoms with Crippen molar-refractivity contribution in [3.8, 4) is 5.69 Å². The minimum Gasteiger partial charge on any atom is -0.444 e. The summed E-state index contributed by atoms with van der Waals surface area (Å²) in [5, 5.41) is 2.76. The molecule has 1 aromatic heterocycles. The van der Waals surface area contributed by atoms with Crippen LogP contribution >= 0.6 is 31.9 Å². The summed E-state index contributed by atoms with van der Waals surface area (Å²) < 4.78 is 9.17. The van der Waals surface area contributed by atoms with Crippen molar-refractivity contribution in [1.29, 1.82) is 0 Å². The van der Waals surface area contributed by atoms with Crippen LogP contribution in [0.4, 0.5) is 4.79 Å². The first-order chi connectivity index (χ1) is 10.8. The lowest BCUT2D eigenvalue weighted by molar-refractivity contribution is 0.0528. The second kappa shape index (κ2) is 7.49. The van der Waals surface area contributed by atoms with E-state index < -0.39 is 11.7 Å². The normalized spacial score (nSPS) is 11.3. The summed E-state index contributed by atoms with van der Waals surface area (Å²) in [6.45, 7) is 6.00. The minimum absolute atomic E-state index is 0.410. The largest absolute Gasteiger partial charge is 0.444 e. The monoisotopic (exact) mass is 443 g/mol. The van der Waals surface area contributed by atoms with Crippen molar-refractivity contribution in [1.82, 2.24) is 14.9 Å². The Balaban J connectivity index is 2.02. The SMILES string of the molecule is CC(C)(C)OC(=O)NCCc1cncn1-c1cc(Br)ccc1Br. The summed E-state index contributed by atoms with van der Waals surface area (Å²) >= 11 is 7.03. The molecule has 1 heterocycles. The van der Waals surface area contributed by atoms with Crippen LogP contribution in [0.25, 0.3) is 5.69 Å². The standard InChI is InChI=1S/C16H19Br2N3O2/c1-16(2,3)23-15(22)20-7-6-12-9-19-10-21(12)14-8-11(17)4-5-13(14)18/h4-5,8-10H,6-7H2,1-3H3,(H,20,22). The Bertz CT molecular complexity index is 693. The fourth-order valence-corrected chi connectivity index (χ4v) is 2.79. The minimum atomic E-state index is -0.493. The van der Waals surface area contributed by atoms with Gasteiger partial charge in [0.2, 0.25) is 0 Å². The van der Waals surface area contributed by atoms with Crippen LogP contribution < -0.4 is 5.32 Å². The van der Waals surface area contributed by atoms with Gasteiger partial charge >= 0.3 is 6.09 Å². The number of benzene rings is 1. The first-order valence-corrected chi connectivity index (χ1v) is 8.78. The lowest BCUT2D eigenvalue weighted by atomic mass is 10.2. The first-order valence-electron chi connectivity index (χ1n) is 7.20. The highest BCUT2D eigenvalue weighted by Gasteiger charge is 2.16. The number of carbonyl (C=O) groups excluding carboxylic acids is 1. The van der Waals surface area contributed by atoms with Gasteiger partial charge in [0.05, 0.1) is 12.0 Å². The third-order valence-electron chi connectivity index (χ3n) is 2.93. The number of nitrogens with one attached hydrogen (secondary N) is 1. The van der Waals surface area contributed by atoms with Crippen LogP contribution in [0.1, 0.15) is 26.5 Å². The van der Waals surface area contributed by atoms with Gasteiger partial charge in [-0.15, -0.1) is 0 Å². The number of alkyl carbamates (subject to hydrolysis) is 1. The molecule has 0 bridgehead atoms. The van der Waals surface area contributed by atoms with E-state index in [-0.39, 0.29) is 0 Å². The van der Waals surface area contributed by atoms with Crippen molar-refractivity contribution in [2.24, 2.45) is 0 Å². The molecule has 0 atom stereocenters. The molecule has 1 amide bonds. The van der Waals surface area contributed by atoms with Crippen LogP contribution in [-0.4, -0.2) is 27.8 Å². The van der Waals surface area contributed by atoms with Gasteiger partial charge in [-0.2, -0.15) is 0 Å². The molecule has 0 saturated carbocycles. The maximum atomic E-state index is 11.7. The van der Waals surface area contributed by atoms with Crippen LogP contribution in [0.3, 0.4) is 0 Å². The smallest absolute Gasteiger partial charge is 0.407 e. The molecule has 0 saturated heterocycles. The Hall–Kier alpha value is -1.34. The molecule has 2 aromatic rings. The van der Waals surface area contributed by atoms with Gasteiger partial charge in [-0.25, -0.2) is 9.78 Å². The summed E-state index contributed by atoms with van der Waals surface area (Å²) in [7, 11) is 0. The Morgan fingerprint density at radius 2 is 2.09 bits per heavy atom. The lowest BCUT2D eigenvalue weighted by Crippen LogP contribution is -2.33. The maximum Gasteiger partial charge on any atom is 0.407 e. The Morgan fingerprint density at radius 1 is 1.35 bits per heavy atom. The lowest BCUT2D eigenvalue weighted by Gasteiger charge is -2.19. The van der Waals surface area contributed by atoms with Gasteiger partial charge < -0.3 is 14.6 Å². The van der Waals surface area contributed by atoms with Gasteiger partial charge in [0.25, 0.3) is 0 Å². The van der Waals surface area contributed by atoms with E-state index >= 15 is 0 Å². The molecule has 0 radical (unpaired) electrons. The Labute approximate surface area is 152 Å². The van der Waals surface area contributed by atoms with E-state index in [0.717, 1.165) is 20.3 Å². The number of rotatable bonds is 4. The van der Waals surface area contributed by atoms with Crippen LogP contribution in [0.2, 0.25) is 0 Å². The molecule has 7 heteroatoms. The fourth-order valence-electron chi connectivity index (χ4n) is 2.00. The fraction of sp³-hybridized carbons (Fsp3) is 0.375. The molecular formula is C16H19Br2N3O2.